The average molecular weight is 278 g/mol. The highest BCUT2D eigenvalue weighted by atomic mass is 16.4. The summed E-state index contributed by atoms with van der Waals surface area (Å²) >= 11 is 0. The van der Waals surface area contributed by atoms with Crippen molar-refractivity contribution in [1.82, 2.24) is 5.32 Å². The molecule has 2 atom stereocenters. The van der Waals surface area contributed by atoms with Crippen molar-refractivity contribution in [3.8, 4) is 0 Å². The van der Waals surface area contributed by atoms with Gasteiger partial charge in [-0.05, 0) is 18.4 Å². The van der Waals surface area contributed by atoms with Crippen LogP contribution in [0, 0.1) is 5.92 Å². The van der Waals surface area contributed by atoms with Gasteiger partial charge >= 0.3 is 5.97 Å². The molecule has 5 heteroatoms. The molecule has 1 rings (SSSR count). The van der Waals surface area contributed by atoms with Crippen LogP contribution in [0.4, 0.5) is 0 Å². The molecule has 0 aromatic heterocycles. The van der Waals surface area contributed by atoms with Crippen molar-refractivity contribution in [2.75, 3.05) is 6.54 Å². The van der Waals surface area contributed by atoms with Gasteiger partial charge in [-0.1, -0.05) is 43.7 Å². The van der Waals surface area contributed by atoms with E-state index in [1.54, 1.807) is 0 Å². The first kappa shape index (κ1) is 16.2. The molecule has 0 spiro atoms. The van der Waals surface area contributed by atoms with E-state index in [2.05, 4.69) is 5.32 Å². The average Bonchev–Trinajstić information content (AvgIpc) is 2.45. The van der Waals surface area contributed by atoms with Crippen LogP contribution in [0.15, 0.2) is 30.3 Å². The monoisotopic (exact) mass is 278 g/mol. The van der Waals surface area contributed by atoms with Crippen molar-refractivity contribution in [2.45, 2.75) is 32.2 Å². The first-order chi connectivity index (χ1) is 9.56. The van der Waals surface area contributed by atoms with Crippen LogP contribution in [-0.2, 0) is 16.0 Å². The Morgan fingerprint density at radius 3 is 2.50 bits per heavy atom. The fraction of sp³-hybridized carbons (Fsp3) is 0.467. The smallest absolute Gasteiger partial charge is 0.321 e. The second kappa shape index (κ2) is 8.32. The molecule has 1 amide bonds. The minimum atomic E-state index is -1.20. The number of carbonyl (C=O) groups excluding carboxylic acids is 1. The highest BCUT2D eigenvalue weighted by molar-refractivity contribution is 5.86. The SMILES string of the molecule is CCCCNC(=O)C(Cc1ccccc1)[C@H](N)C(=O)O. The van der Waals surface area contributed by atoms with Gasteiger partial charge in [0.1, 0.15) is 6.04 Å². The second-order valence-electron chi connectivity index (χ2n) is 4.80. The maximum atomic E-state index is 12.1. The lowest BCUT2D eigenvalue weighted by atomic mass is 9.91. The van der Waals surface area contributed by atoms with E-state index in [4.69, 9.17) is 10.8 Å². The molecule has 0 radical (unpaired) electrons. The van der Waals surface area contributed by atoms with Gasteiger partial charge in [0, 0.05) is 6.54 Å². The lowest BCUT2D eigenvalue weighted by molar-refractivity contribution is -0.143. The zero-order valence-corrected chi connectivity index (χ0v) is 11.7. The standard InChI is InChI=1S/C15H22N2O3/c1-2-3-9-17-14(18)12(13(16)15(19)20)10-11-7-5-4-6-8-11/h4-8,12-13H,2-3,9-10,16H2,1H3,(H,17,18)(H,19,20)/t12?,13-/m0/s1. The molecule has 0 heterocycles. The van der Waals surface area contributed by atoms with E-state index in [1.165, 1.54) is 0 Å². The summed E-state index contributed by atoms with van der Waals surface area (Å²) in [5, 5.41) is 11.8. The molecule has 0 saturated carbocycles. The number of rotatable bonds is 8. The Balaban J connectivity index is 2.74. The van der Waals surface area contributed by atoms with Crippen molar-refractivity contribution in [3.63, 3.8) is 0 Å². The molecule has 0 bridgehead atoms. The number of hydrogen-bond donors (Lipinski definition) is 3. The summed E-state index contributed by atoms with van der Waals surface area (Å²) in [7, 11) is 0. The Hall–Kier alpha value is -1.88. The van der Waals surface area contributed by atoms with Gasteiger partial charge in [0.05, 0.1) is 5.92 Å². The Bertz CT molecular complexity index is 434. The third kappa shape index (κ3) is 5.01. The first-order valence-corrected chi connectivity index (χ1v) is 6.86. The largest absolute Gasteiger partial charge is 0.480 e. The van der Waals surface area contributed by atoms with Crippen molar-refractivity contribution in [2.24, 2.45) is 11.7 Å². The molecule has 0 fully saturated rings. The molecule has 4 N–H and O–H groups in total. The van der Waals surface area contributed by atoms with Crippen LogP contribution < -0.4 is 11.1 Å². The fourth-order valence-electron chi connectivity index (χ4n) is 1.94. The van der Waals surface area contributed by atoms with Crippen LogP contribution in [0.2, 0.25) is 0 Å². The number of carboxylic acids is 1. The van der Waals surface area contributed by atoms with Crippen molar-refractivity contribution in [3.05, 3.63) is 35.9 Å². The predicted octanol–water partition coefficient (Wildman–Crippen LogP) is 1.17. The van der Waals surface area contributed by atoms with E-state index >= 15 is 0 Å². The van der Waals surface area contributed by atoms with Crippen molar-refractivity contribution < 1.29 is 14.7 Å². The molecule has 1 unspecified atom stereocenters. The molecule has 1 aromatic carbocycles. The third-order valence-electron chi connectivity index (χ3n) is 3.18. The van der Waals surface area contributed by atoms with Gasteiger partial charge in [-0.25, -0.2) is 0 Å². The van der Waals surface area contributed by atoms with E-state index < -0.39 is 17.9 Å². The Kier molecular flexibility index (Phi) is 6.73. The predicted molar refractivity (Wildman–Crippen MR) is 77.2 cm³/mol. The van der Waals surface area contributed by atoms with E-state index in [1.807, 2.05) is 37.3 Å². The highest BCUT2D eigenvalue weighted by Gasteiger charge is 2.30. The van der Waals surface area contributed by atoms with Gasteiger partial charge in [0.15, 0.2) is 0 Å². The van der Waals surface area contributed by atoms with Gasteiger partial charge in [-0.2, -0.15) is 0 Å². The number of nitrogens with one attached hydrogen (secondary N) is 1. The molecule has 0 aliphatic carbocycles. The van der Waals surface area contributed by atoms with Gasteiger partial charge in [0.25, 0.3) is 0 Å². The molecule has 1 aromatic rings. The topological polar surface area (TPSA) is 92.4 Å². The summed E-state index contributed by atoms with van der Waals surface area (Å²) in [5.74, 6) is -2.21. The summed E-state index contributed by atoms with van der Waals surface area (Å²) < 4.78 is 0. The number of nitrogens with two attached hydrogens (primary N) is 1. The zero-order chi connectivity index (χ0) is 15.0. The molecule has 110 valence electrons. The second-order valence-corrected chi connectivity index (χ2v) is 4.80. The van der Waals surface area contributed by atoms with Crippen LogP contribution in [0.3, 0.4) is 0 Å². The van der Waals surface area contributed by atoms with Crippen LogP contribution in [0.1, 0.15) is 25.3 Å². The van der Waals surface area contributed by atoms with Crippen LogP contribution in [0.25, 0.3) is 0 Å². The Morgan fingerprint density at radius 1 is 1.30 bits per heavy atom. The Morgan fingerprint density at radius 2 is 1.95 bits per heavy atom. The molecular weight excluding hydrogens is 256 g/mol. The molecular formula is C15H22N2O3. The van der Waals surface area contributed by atoms with Crippen molar-refractivity contribution >= 4 is 11.9 Å². The highest BCUT2D eigenvalue weighted by Crippen LogP contribution is 2.12. The quantitative estimate of drug-likeness (QED) is 0.622. The minimum Gasteiger partial charge on any atom is -0.480 e. The summed E-state index contributed by atoms with van der Waals surface area (Å²) in [4.78, 5) is 23.2. The lowest BCUT2D eigenvalue weighted by Gasteiger charge is -2.20. The normalized spacial score (nSPS) is 13.5. The maximum absolute atomic E-state index is 12.1. The van der Waals surface area contributed by atoms with Crippen LogP contribution >= 0.6 is 0 Å². The fourth-order valence-corrected chi connectivity index (χ4v) is 1.94. The molecule has 0 aliphatic heterocycles. The van der Waals surface area contributed by atoms with Crippen molar-refractivity contribution in [1.29, 1.82) is 0 Å². The zero-order valence-electron chi connectivity index (χ0n) is 11.7. The molecule has 5 nitrogen and oxygen atoms in total. The van der Waals surface area contributed by atoms with Gasteiger partial charge in [-0.3, -0.25) is 9.59 Å². The maximum Gasteiger partial charge on any atom is 0.321 e. The minimum absolute atomic E-state index is 0.294. The number of carboxylic acid groups (broad SMARTS) is 1. The summed E-state index contributed by atoms with van der Waals surface area (Å²) in [6, 6.07) is 8.11. The molecule has 20 heavy (non-hydrogen) atoms. The van der Waals surface area contributed by atoms with Crippen LogP contribution in [-0.4, -0.2) is 29.6 Å². The first-order valence-electron chi connectivity index (χ1n) is 6.86. The number of unbranched alkanes of at least 4 members (excludes halogenated alkanes) is 1. The van der Waals surface area contributed by atoms with Gasteiger partial charge < -0.3 is 16.2 Å². The summed E-state index contributed by atoms with van der Waals surface area (Å²) in [6.07, 6.45) is 2.16. The van der Waals surface area contributed by atoms with Crippen LogP contribution in [0.5, 0.6) is 0 Å². The van der Waals surface area contributed by atoms with E-state index in [0.717, 1.165) is 18.4 Å². The summed E-state index contributed by atoms with van der Waals surface area (Å²) in [6.45, 7) is 2.57. The number of carbonyl (C=O) groups is 2. The third-order valence-corrected chi connectivity index (χ3v) is 3.18. The van der Waals surface area contributed by atoms with Gasteiger partial charge in [0.2, 0.25) is 5.91 Å². The number of benzene rings is 1. The van der Waals surface area contributed by atoms with E-state index in [9.17, 15) is 9.59 Å². The van der Waals surface area contributed by atoms with E-state index in [0.29, 0.717) is 13.0 Å². The molecule has 0 saturated heterocycles. The number of amides is 1. The molecule has 0 aliphatic rings. The van der Waals surface area contributed by atoms with Gasteiger partial charge in [-0.15, -0.1) is 0 Å². The lowest BCUT2D eigenvalue weighted by Crippen LogP contribution is -2.47. The van der Waals surface area contributed by atoms with E-state index in [-0.39, 0.29) is 5.91 Å². The number of aliphatic carboxylic acids is 1. The summed E-state index contributed by atoms with van der Waals surface area (Å²) in [5.41, 5.74) is 6.56. The number of hydrogen-bond acceptors (Lipinski definition) is 3. The Labute approximate surface area is 119 Å².